The average molecular weight is 411 g/mol. The molecular formula is C21H26N6OS. The lowest BCUT2D eigenvalue weighted by molar-refractivity contribution is 0.0341. The molecule has 4 heterocycles. The van der Waals surface area contributed by atoms with Gasteiger partial charge >= 0.3 is 0 Å². The summed E-state index contributed by atoms with van der Waals surface area (Å²) < 4.78 is 0. The van der Waals surface area contributed by atoms with Crippen molar-refractivity contribution in [2.75, 3.05) is 18.5 Å². The number of aromatic hydroxyl groups is 1. The highest BCUT2D eigenvalue weighted by Crippen LogP contribution is 2.48. The van der Waals surface area contributed by atoms with Crippen molar-refractivity contribution in [2.24, 2.45) is 5.41 Å². The Morgan fingerprint density at radius 1 is 1.21 bits per heavy atom. The largest absolute Gasteiger partial charge is 0.507 e. The molecule has 152 valence electrons. The van der Waals surface area contributed by atoms with Crippen molar-refractivity contribution in [2.45, 2.75) is 44.7 Å². The van der Waals surface area contributed by atoms with E-state index in [9.17, 15) is 5.11 Å². The summed E-state index contributed by atoms with van der Waals surface area (Å²) in [4.78, 5) is 2.30. The number of rotatable bonds is 4. The molecule has 0 spiro atoms. The summed E-state index contributed by atoms with van der Waals surface area (Å²) in [6, 6.07) is 6.05. The minimum absolute atomic E-state index is 0.203. The van der Waals surface area contributed by atoms with E-state index in [1.165, 1.54) is 24.2 Å². The van der Waals surface area contributed by atoms with E-state index in [1.54, 1.807) is 18.5 Å². The minimum Gasteiger partial charge on any atom is -0.507 e. The maximum absolute atomic E-state index is 10.6. The number of fused-ring (bicyclic) bond motifs is 3. The number of phenols is 1. The number of benzene rings is 1. The summed E-state index contributed by atoms with van der Waals surface area (Å²) in [5.74, 6) is 0.203. The van der Waals surface area contributed by atoms with Gasteiger partial charge in [-0.25, -0.2) is 0 Å². The molecule has 7 nitrogen and oxygen atoms in total. The number of piperidine rings is 2. The molecule has 1 aliphatic carbocycles. The molecule has 3 aliphatic rings. The van der Waals surface area contributed by atoms with Gasteiger partial charge in [0.25, 0.3) is 0 Å². The fourth-order valence-corrected chi connectivity index (χ4v) is 5.68. The SMILES string of the molecule is CN(c1nnc(-c2ccc(-c3cn[nH]c3)cc2O)s1)[C@H]1C[C@@]2(C)CC[C@]1(C)CN2. The Bertz CT molecular complexity index is 1020. The summed E-state index contributed by atoms with van der Waals surface area (Å²) in [6.07, 6.45) is 7.11. The lowest BCUT2D eigenvalue weighted by Gasteiger charge is -2.58. The molecule has 0 radical (unpaired) electrons. The Morgan fingerprint density at radius 2 is 2.07 bits per heavy atom. The first-order chi connectivity index (χ1) is 13.9. The van der Waals surface area contributed by atoms with Crippen LogP contribution in [0.1, 0.15) is 33.1 Å². The number of nitrogens with zero attached hydrogens (tertiary/aromatic N) is 4. The highest BCUT2D eigenvalue weighted by molar-refractivity contribution is 7.18. The smallest absolute Gasteiger partial charge is 0.208 e. The third-order valence-electron chi connectivity index (χ3n) is 6.86. The standard InChI is InChI=1S/C21H26N6OS/c1-20-6-7-21(2,22-12-20)9-17(20)27(3)19-26-25-18(29-19)15-5-4-13(8-16(15)28)14-10-23-24-11-14/h4-5,8,10-11,17,22,28H,6-7,9,12H2,1-3H3,(H,23,24)/t17-,20+,21+/m0/s1. The van der Waals surface area contributed by atoms with Gasteiger partial charge in [-0.3, -0.25) is 5.10 Å². The second-order valence-electron chi connectivity index (χ2n) is 9.01. The van der Waals surface area contributed by atoms with E-state index in [-0.39, 0.29) is 16.7 Å². The normalized spacial score (nSPS) is 28.6. The van der Waals surface area contributed by atoms with E-state index < -0.39 is 0 Å². The first kappa shape index (κ1) is 18.6. The van der Waals surface area contributed by atoms with E-state index in [4.69, 9.17) is 0 Å². The maximum atomic E-state index is 10.6. The molecule has 8 heteroatoms. The number of nitrogens with one attached hydrogen (secondary N) is 2. The molecule has 0 unspecified atom stereocenters. The lowest BCUT2D eigenvalue weighted by atomic mass is 9.61. The number of phenolic OH excluding ortho intramolecular Hbond substituents is 1. The molecule has 1 saturated carbocycles. The van der Waals surface area contributed by atoms with E-state index in [0.717, 1.165) is 34.2 Å². The van der Waals surface area contributed by atoms with Crippen molar-refractivity contribution in [3.8, 4) is 27.4 Å². The zero-order chi connectivity index (χ0) is 20.2. The first-order valence-corrected chi connectivity index (χ1v) is 10.8. The Labute approximate surface area is 174 Å². The van der Waals surface area contributed by atoms with Gasteiger partial charge in [-0.05, 0) is 43.9 Å². The Balaban J connectivity index is 1.41. The summed E-state index contributed by atoms with van der Waals surface area (Å²) >= 11 is 1.53. The van der Waals surface area contributed by atoms with Gasteiger partial charge in [0.05, 0.1) is 11.8 Å². The van der Waals surface area contributed by atoms with E-state index in [2.05, 4.69) is 51.5 Å². The van der Waals surface area contributed by atoms with Gasteiger partial charge in [-0.2, -0.15) is 5.10 Å². The van der Waals surface area contributed by atoms with E-state index in [1.807, 2.05) is 12.1 Å². The fraction of sp³-hybridized carbons (Fsp3) is 0.476. The average Bonchev–Trinajstić information content (AvgIpc) is 3.40. The number of aromatic amines is 1. The lowest BCUT2D eigenvalue weighted by Crippen LogP contribution is -2.67. The molecule has 1 aromatic carbocycles. The Kier molecular flexibility index (Phi) is 4.18. The number of hydrogen-bond acceptors (Lipinski definition) is 7. The monoisotopic (exact) mass is 410 g/mol. The Hall–Kier alpha value is -2.45. The topological polar surface area (TPSA) is 90.0 Å². The third kappa shape index (κ3) is 3.11. The number of H-pyrrole nitrogens is 1. The van der Waals surface area contributed by atoms with Gasteiger partial charge < -0.3 is 15.3 Å². The molecule has 3 aromatic rings. The molecule has 29 heavy (non-hydrogen) atoms. The molecule has 2 aromatic heterocycles. The van der Waals surface area contributed by atoms with Crippen molar-refractivity contribution in [1.29, 1.82) is 0 Å². The van der Waals surface area contributed by atoms with Crippen LogP contribution in [0.15, 0.2) is 30.6 Å². The van der Waals surface area contributed by atoms with Crippen LogP contribution in [0.2, 0.25) is 0 Å². The minimum atomic E-state index is 0.203. The summed E-state index contributed by atoms with van der Waals surface area (Å²) in [5.41, 5.74) is 3.01. The highest BCUT2D eigenvalue weighted by atomic mass is 32.1. The Morgan fingerprint density at radius 3 is 2.76 bits per heavy atom. The van der Waals surface area contributed by atoms with E-state index in [0.29, 0.717) is 11.6 Å². The number of anilines is 1. The molecule has 0 amide bonds. The van der Waals surface area contributed by atoms with Crippen molar-refractivity contribution in [1.82, 2.24) is 25.7 Å². The molecular weight excluding hydrogens is 384 g/mol. The quantitative estimate of drug-likeness (QED) is 0.608. The summed E-state index contributed by atoms with van der Waals surface area (Å²) in [5, 5.41) is 31.6. The molecule has 3 fully saturated rings. The second-order valence-corrected chi connectivity index (χ2v) is 9.96. The summed E-state index contributed by atoms with van der Waals surface area (Å²) in [6.45, 7) is 5.75. The zero-order valence-electron chi connectivity index (χ0n) is 16.9. The van der Waals surface area contributed by atoms with Crippen LogP contribution in [-0.4, -0.2) is 50.7 Å². The van der Waals surface area contributed by atoms with Crippen LogP contribution in [0, 0.1) is 5.41 Å². The van der Waals surface area contributed by atoms with Crippen LogP contribution in [0.25, 0.3) is 21.7 Å². The molecule has 2 saturated heterocycles. The van der Waals surface area contributed by atoms with Crippen LogP contribution in [0.4, 0.5) is 5.13 Å². The molecule has 2 bridgehead atoms. The van der Waals surface area contributed by atoms with Gasteiger partial charge in [-0.1, -0.05) is 24.3 Å². The molecule has 6 rings (SSSR count). The molecule has 2 aliphatic heterocycles. The molecule has 3 N–H and O–H groups in total. The number of aromatic nitrogens is 4. The predicted octanol–water partition coefficient (Wildman–Crippen LogP) is 3.66. The van der Waals surface area contributed by atoms with Crippen molar-refractivity contribution in [3.63, 3.8) is 0 Å². The molecule has 3 atom stereocenters. The van der Waals surface area contributed by atoms with Crippen LogP contribution in [-0.2, 0) is 0 Å². The van der Waals surface area contributed by atoms with Crippen LogP contribution >= 0.6 is 11.3 Å². The van der Waals surface area contributed by atoms with E-state index >= 15 is 0 Å². The van der Waals surface area contributed by atoms with Gasteiger partial charge in [-0.15, -0.1) is 10.2 Å². The van der Waals surface area contributed by atoms with Crippen molar-refractivity contribution < 1.29 is 5.11 Å². The van der Waals surface area contributed by atoms with Crippen molar-refractivity contribution >= 4 is 16.5 Å². The van der Waals surface area contributed by atoms with Crippen LogP contribution in [0.5, 0.6) is 5.75 Å². The zero-order valence-corrected chi connectivity index (χ0v) is 17.8. The first-order valence-electron chi connectivity index (χ1n) is 10.0. The van der Waals surface area contributed by atoms with Gasteiger partial charge in [0, 0.05) is 42.3 Å². The highest BCUT2D eigenvalue weighted by Gasteiger charge is 2.51. The predicted molar refractivity (Wildman–Crippen MR) is 115 cm³/mol. The van der Waals surface area contributed by atoms with Crippen LogP contribution < -0.4 is 10.2 Å². The van der Waals surface area contributed by atoms with Crippen molar-refractivity contribution in [3.05, 3.63) is 30.6 Å². The van der Waals surface area contributed by atoms with Gasteiger partial charge in [0.15, 0.2) is 5.01 Å². The second kappa shape index (κ2) is 6.53. The van der Waals surface area contributed by atoms with Gasteiger partial charge in [0.1, 0.15) is 5.75 Å². The van der Waals surface area contributed by atoms with Crippen LogP contribution in [0.3, 0.4) is 0 Å². The third-order valence-corrected chi connectivity index (χ3v) is 7.91. The fourth-order valence-electron chi connectivity index (χ4n) is 4.79. The van der Waals surface area contributed by atoms with Gasteiger partial charge in [0.2, 0.25) is 5.13 Å². The summed E-state index contributed by atoms with van der Waals surface area (Å²) in [7, 11) is 2.13. The maximum Gasteiger partial charge on any atom is 0.208 e. The number of hydrogen-bond donors (Lipinski definition) is 3.